The summed E-state index contributed by atoms with van der Waals surface area (Å²) < 4.78 is 29.3. The van der Waals surface area contributed by atoms with E-state index >= 15 is 0 Å². The lowest BCUT2D eigenvalue weighted by molar-refractivity contribution is -0.140. The van der Waals surface area contributed by atoms with Gasteiger partial charge in [0.05, 0.1) is 0 Å². The molecule has 0 bridgehead atoms. The molecule has 11 heavy (non-hydrogen) atoms. The van der Waals surface area contributed by atoms with Crippen molar-refractivity contribution in [3.63, 3.8) is 0 Å². The van der Waals surface area contributed by atoms with Gasteiger partial charge in [0.1, 0.15) is 0 Å². The summed E-state index contributed by atoms with van der Waals surface area (Å²) in [6, 6.07) is 0. The molecular weight excluding hydrogens is 270 g/mol. The Bertz CT molecular complexity index is 128. The van der Waals surface area contributed by atoms with Crippen molar-refractivity contribution in [1.29, 1.82) is 0 Å². The Morgan fingerprint density at radius 3 is 1.00 bits per heavy atom. The van der Waals surface area contributed by atoms with Gasteiger partial charge in [-0.25, -0.2) is 0 Å². The first-order chi connectivity index (χ1) is 4.50. The fourth-order valence-electron chi connectivity index (χ4n) is 0.161. The highest BCUT2D eigenvalue weighted by Crippen LogP contribution is 2.54. The Balaban J connectivity index is 4.75. The first-order valence-electron chi connectivity index (χ1n) is 2.01. The van der Waals surface area contributed by atoms with Gasteiger partial charge in [0.25, 0.3) is 4.33 Å². The van der Waals surface area contributed by atoms with Gasteiger partial charge in [-0.1, -0.05) is 58.0 Å². The third-order valence-electron chi connectivity index (χ3n) is 0.712. The maximum atomic E-state index is 11.8. The van der Waals surface area contributed by atoms with Gasteiger partial charge in [0.15, 0.2) is 0 Å². The second kappa shape index (κ2) is 3.18. The van der Waals surface area contributed by atoms with Gasteiger partial charge in [-0.3, -0.25) is 0 Å². The zero-order valence-electron chi connectivity index (χ0n) is 4.52. The highest BCUT2D eigenvalue weighted by atomic mass is 35.6. The summed E-state index contributed by atoms with van der Waals surface area (Å²) in [4.78, 5) is 0. The van der Waals surface area contributed by atoms with Crippen LogP contribution in [0.3, 0.4) is 0 Å². The van der Waals surface area contributed by atoms with Crippen LogP contribution in [-0.4, -0.2) is 14.3 Å². The van der Waals surface area contributed by atoms with Gasteiger partial charge >= 0.3 is 6.18 Å². The Labute approximate surface area is 85.5 Å². The third-order valence-corrected chi connectivity index (χ3v) is 3.14. The molecule has 0 amide bonds. The monoisotopic (exact) mass is 268 g/mol. The average molecular weight is 270 g/mol. The zero-order chi connectivity index (χ0) is 9.50. The topological polar surface area (TPSA) is 0 Å². The molecule has 0 N–H and O–H groups in total. The van der Waals surface area contributed by atoms with Crippen LogP contribution in [0.5, 0.6) is 0 Å². The van der Waals surface area contributed by atoms with Crippen molar-refractivity contribution in [3.8, 4) is 0 Å². The van der Waals surface area contributed by atoms with Crippen LogP contribution < -0.4 is 0 Å². The molecule has 0 aliphatic carbocycles. The molecule has 0 rings (SSSR count). The number of halogens is 8. The molecule has 0 spiro atoms. The molecule has 0 aliphatic heterocycles. The van der Waals surface area contributed by atoms with Crippen LogP contribution in [0.4, 0.5) is 13.2 Å². The van der Waals surface area contributed by atoms with Crippen LogP contribution in [0, 0.1) is 0 Å². The molecule has 68 valence electrons. The summed E-state index contributed by atoms with van der Waals surface area (Å²) in [7, 11) is 0. The van der Waals surface area contributed by atoms with Crippen molar-refractivity contribution >= 4 is 58.0 Å². The van der Waals surface area contributed by atoms with Crippen molar-refractivity contribution in [2.24, 2.45) is 0 Å². The molecular formula is C3Cl5F3. The summed E-state index contributed by atoms with van der Waals surface area (Å²) in [5, 5.41) is 0. The Hall–Kier alpha value is 1.24. The van der Waals surface area contributed by atoms with Crippen LogP contribution in [-0.2, 0) is 0 Å². The first kappa shape index (κ1) is 12.2. The van der Waals surface area contributed by atoms with Gasteiger partial charge in [0.2, 0.25) is 3.79 Å². The van der Waals surface area contributed by atoms with Gasteiger partial charge in [-0.05, 0) is 0 Å². The first-order valence-corrected chi connectivity index (χ1v) is 3.90. The molecule has 0 aromatic carbocycles. The second-order valence-corrected chi connectivity index (χ2v) is 5.18. The predicted molar refractivity (Wildman–Crippen MR) is 40.8 cm³/mol. The standard InChI is InChI=1S/C3Cl5F3/c4-1(5,2(6,7)8)3(9,10)11. The SMILES string of the molecule is FC(F)(F)C(Cl)(Cl)C(Cl)(Cl)Cl. The molecule has 0 fully saturated rings. The van der Waals surface area contributed by atoms with Crippen LogP contribution in [0.15, 0.2) is 0 Å². The summed E-state index contributed by atoms with van der Waals surface area (Å²) in [6.07, 6.45) is -4.98. The number of hydrogen-bond acceptors (Lipinski definition) is 0. The van der Waals surface area contributed by atoms with E-state index in [0.29, 0.717) is 0 Å². The average Bonchev–Trinajstić information content (AvgIpc) is 1.58. The zero-order valence-corrected chi connectivity index (χ0v) is 8.30. The Morgan fingerprint density at radius 1 is 0.727 bits per heavy atom. The van der Waals surface area contributed by atoms with E-state index in [2.05, 4.69) is 0 Å². The molecule has 0 saturated carbocycles. The van der Waals surface area contributed by atoms with Crippen LogP contribution in [0.2, 0.25) is 0 Å². The third kappa shape index (κ3) is 2.59. The number of hydrogen-bond donors (Lipinski definition) is 0. The van der Waals surface area contributed by atoms with Crippen molar-refractivity contribution < 1.29 is 13.2 Å². The summed E-state index contributed by atoms with van der Waals surface area (Å²) in [6.45, 7) is 0. The van der Waals surface area contributed by atoms with Gasteiger partial charge in [-0.2, -0.15) is 13.2 Å². The van der Waals surface area contributed by atoms with E-state index < -0.39 is 14.3 Å². The van der Waals surface area contributed by atoms with E-state index in [1.807, 2.05) is 0 Å². The molecule has 0 aromatic rings. The van der Waals surface area contributed by atoms with Crippen molar-refractivity contribution in [2.75, 3.05) is 0 Å². The van der Waals surface area contributed by atoms with Gasteiger partial charge in [0, 0.05) is 0 Å². The lowest BCUT2D eigenvalue weighted by Crippen LogP contribution is -2.45. The largest absolute Gasteiger partial charge is 0.425 e. The van der Waals surface area contributed by atoms with Crippen molar-refractivity contribution in [2.45, 2.75) is 14.3 Å². The van der Waals surface area contributed by atoms with Crippen LogP contribution in [0.25, 0.3) is 0 Å². The fourth-order valence-corrected chi connectivity index (χ4v) is 0.482. The molecule has 0 heterocycles. The van der Waals surface area contributed by atoms with E-state index in [1.54, 1.807) is 0 Å². The van der Waals surface area contributed by atoms with Gasteiger partial charge < -0.3 is 0 Å². The smallest absolute Gasteiger partial charge is 0.167 e. The van der Waals surface area contributed by atoms with Gasteiger partial charge in [-0.15, -0.1) is 0 Å². The normalized spacial score (nSPS) is 15.3. The molecule has 0 nitrogen and oxygen atoms in total. The predicted octanol–water partition coefficient (Wildman–Crippen LogP) is 4.09. The minimum atomic E-state index is -4.98. The maximum Gasteiger partial charge on any atom is 0.425 e. The Morgan fingerprint density at radius 2 is 1.00 bits per heavy atom. The molecule has 0 radical (unpaired) electrons. The van der Waals surface area contributed by atoms with E-state index in [4.69, 9.17) is 58.0 Å². The van der Waals surface area contributed by atoms with E-state index in [0.717, 1.165) is 0 Å². The second-order valence-electron chi connectivity index (χ2n) is 1.57. The minimum absolute atomic E-state index is 2.80. The molecule has 0 saturated heterocycles. The minimum Gasteiger partial charge on any atom is -0.167 e. The highest BCUT2D eigenvalue weighted by molar-refractivity contribution is 6.75. The lowest BCUT2D eigenvalue weighted by Gasteiger charge is -2.28. The molecule has 0 unspecified atom stereocenters. The maximum absolute atomic E-state index is 11.8. The number of alkyl halides is 8. The quantitative estimate of drug-likeness (QED) is 0.581. The molecule has 0 aliphatic rings. The Kier molecular flexibility index (Phi) is 3.54. The summed E-state index contributed by atoms with van der Waals surface area (Å²) in [5.74, 6) is 0. The van der Waals surface area contributed by atoms with E-state index in [9.17, 15) is 13.2 Å². The lowest BCUT2D eigenvalue weighted by atomic mass is 10.4. The van der Waals surface area contributed by atoms with Crippen LogP contribution in [0.1, 0.15) is 0 Å². The van der Waals surface area contributed by atoms with E-state index in [1.165, 1.54) is 0 Å². The van der Waals surface area contributed by atoms with Crippen LogP contribution >= 0.6 is 58.0 Å². The van der Waals surface area contributed by atoms with E-state index in [-0.39, 0.29) is 0 Å². The van der Waals surface area contributed by atoms with Crippen molar-refractivity contribution in [1.82, 2.24) is 0 Å². The molecule has 0 aromatic heterocycles. The fraction of sp³-hybridized carbons (Fsp3) is 1.00. The molecule has 0 atom stereocenters. The van der Waals surface area contributed by atoms with Crippen molar-refractivity contribution in [3.05, 3.63) is 0 Å². The summed E-state index contributed by atoms with van der Waals surface area (Å²) in [5.41, 5.74) is 0. The summed E-state index contributed by atoms with van der Waals surface area (Å²) >= 11 is 24.0. The number of rotatable bonds is 0. The molecule has 8 heteroatoms. The highest BCUT2D eigenvalue weighted by Gasteiger charge is 2.64.